The molecule has 74 valence electrons. The largest absolute Gasteiger partial charge is 0.342 e. The minimum absolute atomic E-state index is 0.408. The van der Waals surface area contributed by atoms with Crippen LogP contribution in [0, 0.1) is 11.8 Å². The molecule has 3 heteroatoms. The first-order chi connectivity index (χ1) is 6.31. The summed E-state index contributed by atoms with van der Waals surface area (Å²) in [6.07, 6.45) is 3.48. The van der Waals surface area contributed by atoms with E-state index in [9.17, 15) is 4.79 Å². The number of hydrogen-bond acceptors (Lipinski definition) is 2. The van der Waals surface area contributed by atoms with Crippen molar-refractivity contribution in [1.29, 1.82) is 0 Å². The third kappa shape index (κ3) is 2.02. The Labute approximate surface area is 79.5 Å². The molecule has 0 radical (unpaired) electrons. The van der Waals surface area contributed by atoms with Crippen molar-refractivity contribution in [1.82, 2.24) is 10.2 Å². The van der Waals surface area contributed by atoms with E-state index in [-0.39, 0.29) is 0 Å². The van der Waals surface area contributed by atoms with Crippen LogP contribution < -0.4 is 5.32 Å². The van der Waals surface area contributed by atoms with Gasteiger partial charge in [0.1, 0.15) is 0 Å². The van der Waals surface area contributed by atoms with Crippen LogP contribution in [0.5, 0.6) is 0 Å². The van der Waals surface area contributed by atoms with E-state index in [1.807, 2.05) is 11.9 Å². The van der Waals surface area contributed by atoms with Gasteiger partial charge in [-0.2, -0.15) is 0 Å². The molecule has 2 rings (SSSR count). The van der Waals surface area contributed by atoms with Crippen LogP contribution in [0.2, 0.25) is 0 Å². The maximum absolute atomic E-state index is 11.5. The molecule has 0 aromatic carbocycles. The predicted molar refractivity (Wildman–Crippen MR) is 51.3 cm³/mol. The molecule has 0 bridgehead atoms. The van der Waals surface area contributed by atoms with Gasteiger partial charge in [0.05, 0.1) is 0 Å². The van der Waals surface area contributed by atoms with Crippen LogP contribution in [0.15, 0.2) is 0 Å². The highest BCUT2D eigenvalue weighted by atomic mass is 16.2. The number of rotatable bonds is 4. The Kier molecular flexibility index (Phi) is 2.54. The molecule has 0 atom stereocenters. The third-order valence-corrected chi connectivity index (χ3v) is 3.00. The SMILES string of the molecule is CNCCC1CN(C(=O)C2CC2)C1. The number of amides is 1. The highest BCUT2D eigenvalue weighted by molar-refractivity contribution is 5.81. The van der Waals surface area contributed by atoms with Crippen molar-refractivity contribution in [3.05, 3.63) is 0 Å². The van der Waals surface area contributed by atoms with Crippen molar-refractivity contribution in [2.45, 2.75) is 19.3 Å². The molecule has 1 aliphatic heterocycles. The number of nitrogens with zero attached hydrogens (tertiary/aromatic N) is 1. The van der Waals surface area contributed by atoms with Crippen molar-refractivity contribution in [2.75, 3.05) is 26.7 Å². The Morgan fingerprint density at radius 3 is 2.69 bits per heavy atom. The summed E-state index contributed by atoms with van der Waals surface area (Å²) in [5.41, 5.74) is 0. The first-order valence-electron chi connectivity index (χ1n) is 5.24. The van der Waals surface area contributed by atoms with Gasteiger partial charge in [-0.25, -0.2) is 0 Å². The maximum Gasteiger partial charge on any atom is 0.225 e. The second-order valence-corrected chi connectivity index (χ2v) is 4.28. The van der Waals surface area contributed by atoms with Crippen LogP contribution in [0.25, 0.3) is 0 Å². The Morgan fingerprint density at radius 2 is 2.15 bits per heavy atom. The molecule has 13 heavy (non-hydrogen) atoms. The number of hydrogen-bond donors (Lipinski definition) is 1. The van der Waals surface area contributed by atoms with Crippen molar-refractivity contribution in [3.63, 3.8) is 0 Å². The van der Waals surface area contributed by atoms with E-state index in [0.29, 0.717) is 11.8 Å². The summed E-state index contributed by atoms with van der Waals surface area (Å²) in [5, 5.41) is 3.14. The highest BCUT2D eigenvalue weighted by Crippen LogP contribution is 2.33. The summed E-state index contributed by atoms with van der Waals surface area (Å²) < 4.78 is 0. The first-order valence-corrected chi connectivity index (χ1v) is 5.24. The second-order valence-electron chi connectivity index (χ2n) is 4.28. The van der Waals surface area contributed by atoms with Crippen LogP contribution in [-0.2, 0) is 4.79 Å². The van der Waals surface area contributed by atoms with Gasteiger partial charge in [-0.1, -0.05) is 0 Å². The fraction of sp³-hybridized carbons (Fsp3) is 0.900. The molecular formula is C10H18N2O. The highest BCUT2D eigenvalue weighted by Gasteiger charge is 2.38. The zero-order valence-electron chi connectivity index (χ0n) is 8.25. The van der Waals surface area contributed by atoms with Crippen molar-refractivity contribution in [2.24, 2.45) is 11.8 Å². The van der Waals surface area contributed by atoms with Crippen LogP contribution >= 0.6 is 0 Å². The molecule has 2 fully saturated rings. The smallest absolute Gasteiger partial charge is 0.225 e. The molecule has 2 aliphatic rings. The van der Waals surface area contributed by atoms with Gasteiger partial charge in [-0.15, -0.1) is 0 Å². The van der Waals surface area contributed by atoms with Gasteiger partial charge >= 0.3 is 0 Å². The molecule has 1 saturated heterocycles. The molecule has 3 nitrogen and oxygen atoms in total. The number of carbonyl (C=O) groups is 1. The lowest BCUT2D eigenvalue weighted by molar-refractivity contribution is -0.139. The summed E-state index contributed by atoms with van der Waals surface area (Å²) in [7, 11) is 1.98. The fourth-order valence-corrected chi connectivity index (χ4v) is 1.87. The molecule has 0 aromatic rings. The number of likely N-dealkylation sites (tertiary alicyclic amines) is 1. The minimum Gasteiger partial charge on any atom is -0.342 e. The van der Waals surface area contributed by atoms with E-state index in [0.717, 1.165) is 38.4 Å². The van der Waals surface area contributed by atoms with E-state index in [1.165, 1.54) is 6.42 Å². The molecular weight excluding hydrogens is 164 g/mol. The number of carbonyl (C=O) groups excluding carboxylic acids is 1. The van der Waals surface area contributed by atoms with Crippen molar-refractivity contribution < 1.29 is 4.79 Å². The van der Waals surface area contributed by atoms with Crippen LogP contribution in [0.3, 0.4) is 0 Å². The average Bonchev–Trinajstić information content (AvgIpc) is 2.83. The lowest BCUT2D eigenvalue weighted by Gasteiger charge is -2.39. The molecule has 0 spiro atoms. The third-order valence-electron chi connectivity index (χ3n) is 3.00. The molecule has 1 aliphatic carbocycles. The fourth-order valence-electron chi connectivity index (χ4n) is 1.87. The van der Waals surface area contributed by atoms with Crippen LogP contribution in [-0.4, -0.2) is 37.5 Å². The van der Waals surface area contributed by atoms with Gasteiger partial charge in [0, 0.05) is 19.0 Å². The number of nitrogens with one attached hydrogen (secondary N) is 1. The lowest BCUT2D eigenvalue weighted by Crippen LogP contribution is -2.51. The molecule has 1 N–H and O–H groups in total. The zero-order chi connectivity index (χ0) is 9.26. The van der Waals surface area contributed by atoms with Crippen LogP contribution in [0.4, 0.5) is 0 Å². The van der Waals surface area contributed by atoms with E-state index in [4.69, 9.17) is 0 Å². The molecule has 0 unspecified atom stereocenters. The summed E-state index contributed by atoms with van der Waals surface area (Å²) in [6.45, 7) is 3.10. The van der Waals surface area contributed by atoms with Crippen molar-refractivity contribution >= 4 is 5.91 Å². The van der Waals surface area contributed by atoms with Gasteiger partial charge in [0.15, 0.2) is 0 Å². The Balaban J connectivity index is 1.63. The zero-order valence-corrected chi connectivity index (χ0v) is 8.25. The Hall–Kier alpha value is -0.570. The summed E-state index contributed by atoms with van der Waals surface area (Å²) >= 11 is 0. The summed E-state index contributed by atoms with van der Waals surface area (Å²) in [5.74, 6) is 1.58. The van der Waals surface area contributed by atoms with Gasteiger partial charge < -0.3 is 10.2 Å². The van der Waals surface area contributed by atoms with E-state index in [2.05, 4.69) is 5.32 Å². The molecule has 0 aromatic heterocycles. The topological polar surface area (TPSA) is 32.3 Å². The molecule has 1 amide bonds. The Bertz CT molecular complexity index is 195. The first kappa shape index (κ1) is 9.00. The van der Waals surface area contributed by atoms with Crippen LogP contribution in [0.1, 0.15) is 19.3 Å². The predicted octanol–water partition coefficient (Wildman–Crippen LogP) is 0.464. The molecule has 1 heterocycles. The van der Waals surface area contributed by atoms with Gasteiger partial charge in [-0.05, 0) is 38.8 Å². The van der Waals surface area contributed by atoms with Gasteiger partial charge in [-0.3, -0.25) is 4.79 Å². The normalized spacial score (nSPS) is 23.0. The quantitative estimate of drug-likeness (QED) is 0.685. The molecule has 1 saturated carbocycles. The van der Waals surface area contributed by atoms with E-state index < -0.39 is 0 Å². The standard InChI is InChI=1S/C10H18N2O/c1-11-5-4-8-6-12(7-8)10(13)9-2-3-9/h8-9,11H,2-7H2,1H3. The van der Waals surface area contributed by atoms with Gasteiger partial charge in [0.2, 0.25) is 5.91 Å². The summed E-state index contributed by atoms with van der Waals surface area (Å²) in [4.78, 5) is 13.5. The Morgan fingerprint density at radius 1 is 1.46 bits per heavy atom. The monoisotopic (exact) mass is 182 g/mol. The van der Waals surface area contributed by atoms with Crippen molar-refractivity contribution in [3.8, 4) is 0 Å². The van der Waals surface area contributed by atoms with Gasteiger partial charge in [0.25, 0.3) is 0 Å². The maximum atomic E-state index is 11.5. The van der Waals surface area contributed by atoms with E-state index in [1.54, 1.807) is 0 Å². The summed E-state index contributed by atoms with van der Waals surface area (Å²) in [6, 6.07) is 0. The lowest BCUT2D eigenvalue weighted by atomic mass is 9.96. The second kappa shape index (κ2) is 3.66. The minimum atomic E-state index is 0.408. The van der Waals surface area contributed by atoms with E-state index >= 15 is 0 Å². The average molecular weight is 182 g/mol.